The molecule has 0 aromatic heterocycles. The van der Waals surface area contributed by atoms with Crippen molar-refractivity contribution in [2.45, 2.75) is 104 Å². The third kappa shape index (κ3) is 6.99. The van der Waals surface area contributed by atoms with Crippen LogP contribution in [0.1, 0.15) is 114 Å². The molecule has 0 unspecified atom stereocenters. The molecule has 36 heavy (non-hydrogen) atoms. The van der Waals surface area contributed by atoms with Gasteiger partial charge in [0.25, 0.3) is 0 Å². The SMILES string of the molecule is CC.CC1(C)CCC(C)(C)c2cc(C(=O)OCCc3ccc(NC(=O)CC4CCCC4)cc3)ccc21. The molecule has 2 aliphatic rings. The van der Waals surface area contributed by atoms with Gasteiger partial charge in [0.2, 0.25) is 5.91 Å². The molecule has 1 saturated carbocycles. The third-order valence-corrected chi connectivity index (χ3v) is 7.90. The van der Waals surface area contributed by atoms with Crippen LogP contribution in [0.2, 0.25) is 0 Å². The van der Waals surface area contributed by atoms with Crippen LogP contribution in [0.4, 0.5) is 5.69 Å². The molecule has 0 heterocycles. The molecule has 0 radical (unpaired) electrons. The Morgan fingerprint density at radius 2 is 1.50 bits per heavy atom. The number of nitrogens with one attached hydrogen (secondary N) is 1. The lowest BCUT2D eigenvalue weighted by Crippen LogP contribution is -2.34. The molecule has 1 N–H and O–H groups in total. The van der Waals surface area contributed by atoms with Crippen LogP contribution in [0.15, 0.2) is 42.5 Å². The summed E-state index contributed by atoms with van der Waals surface area (Å²) in [5.74, 6) is 0.379. The molecule has 1 fully saturated rings. The monoisotopic (exact) mass is 491 g/mol. The highest BCUT2D eigenvalue weighted by molar-refractivity contribution is 5.91. The van der Waals surface area contributed by atoms with E-state index in [9.17, 15) is 9.59 Å². The number of fused-ring (bicyclic) bond motifs is 1. The van der Waals surface area contributed by atoms with Gasteiger partial charge in [0, 0.05) is 18.5 Å². The van der Waals surface area contributed by atoms with E-state index in [2.05, 4.69) is 39.1 Å². The molecule has 2 aliphatic carbocycles. The van der Waals surface area contributed by atoms with Gasteiger partial charge in [-0.05, 0) is 83.4 Å². The Hall–Kier alpha value is -2.62. The van der Waals surface area contributed by atoms with Gasteiger partial charge in [-0.15, -0.1) is 0 Å². The zero-order valence-corrected chi connectivity index (χ0v) is 23.2. The van der Waals surface area contributed by atoms with Crippen molar-refractivity contribution in [1.82, 2.24) is 0 Å². The summed E-state index contributed by atoms with van der Waals surface area (Å²) in [6.45, 7) is 13.4. The van der Waals surface area contributed by atoms with Crippen LogP contribution < -0.4 is 5.32 Å². The number of carbonyl (C=O) groups excluding carboxylic acids is 2. The number of anilines is 1. The second-order valence-electron chi connectivity index (χ2n) is 11.5. The predicted octanol–water partition coefficient (Wildman–Crippen LogP) is 7.98. The Kier molecular flexibility index (Phi) is 9.38. The second-order valence-corrected chi connectivity index (χ2v) is 11.5. The quantitative estimate of drug-likeness (QED) is 0.399. The van der Waals surface area contributed by atoms with Crippen LogP contribution in [0, 0.1) is 5.92 Å². The summed E-state index contributed by atoms with van der Waals surface area (Å²) < 4.78 is 5.60. The van der Waals surface area contributed by atoms with Gasteiger partial charge in [-0.25, -0.2) is 4.79 Å². The summed E-state index contributed by atoms with van der Waals surface area (Å²) in [7, 11) is 0. The molecule has 4 nitrogen and oxygen atoms in total. The molecule has 0 atom stereocenters. The molecule has 2 aromatic rings. The minimum Gasteiger partial charge on any atom is -0.462 e. The average molecular weight is 492 g/mol. The fourth-order valence-corrected chi connectivity index (χ4v) is 5.50. The molecular formula is C32H45NO3. The van der Waals surface area contributed by atoms with Gasteiger partial charge in [0.05, 0.1) is 12.2 Å². The Morgan fingerprint density at radius 1 is 0.889 bits per heavy atom. The van der Waals surface area contributed by atoms with E-state index < -0.39 is 0 Å². The molecule has 4 rings (SSSR count). The van der Waals surface area contributed by atoms with Crippen molar-refractivity contribution in [3.05, 3.63) is 64.7 Å². The molecule has 0 saturated heterocycles. The van der Waals surface area contributed by atoms with Gasteiger partial charge >= 0.3 is 5.97 Å². The fraction of sp³-hybridized carbons (Fsp3) is 0.562. The van der Waals surface area contributed by atoms with E-state index >= 15 is 0 Å². The van der Waals surface area contributed by atoms with Crippen LogP contribution >= 0.6 is 0 Å². The zero-order valence-electron chi connectivity index (χ0n) is 23.2. The Bertz CT molecular complexity index is 1030. The Morgan fingerprint density at radius 3 is 2.14 bits per heavy atom. The van der Waals surface area contributed by atoms with E-state index in [-0.39, 0.29) is 22.7 Å². The van der Waals surface area contributed by atoms with E-state index in [1.807, 2.05) is 50.2 Å². The van der Waals surface area contributed by atoms with Crippen LogP contribution in [0.25, 0.3) is 0 Å². The topological polar surface area (TPSA) is 55.4 Å². The van der Waals surface area contributed by atoms with Crippen molar-refractivity contribution in [3.8, 4) is 0 Å². The maximum absolute atomic E-state index is 12.7. The average Bonchev–Trinajstić information content (AvgIpc) is 3.37. The third-order valence-electron chi connectivity index (χ3n) is 7.90. The number of rotatable bonds is 7. The van der Waals surface area contributed by atoms with E-state index in [0.29, 0.717) is 30.9 Å². The van der Waals surface area contributed by atoms with Crippen LogP contribution in [0.5, 0.6) is 0 Å². The number of amides is 1. The van der Waals surface area contributed by atoms with Crippen molar-refractivity contribution in [2.75, 3.05) is 11.9 Å². The number of hydrogen-bond donors (Lipinski definition) is 1. The first-order valence-electron chi connectivity index (χ1n) is 13.8. The van der Waals surface area contributed by atoms with Crippen molar-refractivity contribution in [3.63, 3.8) is 0 Å². The molecule has 196 valence electrons. The highest BCUT2D eigenvalue weighted by Gasteiger charge is 2.37. The van der Waals surface area contributed by atoms with Gasteiger partial charge in [-0.3, -0.25) is 4.79 Å². The molecule has 0 spiro atoms. The Labute approximate surface area is 218 Å². The van der Waals surface area contributed by atoms with Crippen LogP contribution in [0.3, 0.4) is 0 Å². The van der Waals surface area contributed by atoms with Crippen molar-refractivity contribution in [2.24, 2.45) is 5.92 Å². The zero-order chi connectivity index (χ0) is 26.3. The smallest absolute Gasteiger partial charge is 0.338 e. The summed E-state index contributed by atoms with van der Waals surface area (Å²) in [6.07, 6.45) is 8.38. The predicted molar refractivity (Wildman–Crippen MR) is 149 cm³/mol. The molecule has 0 aliphatic heterocycles. The summed E-state index contributed by atoms with van der Waals surface area (Å²) in [5.41, 5.74) is 5.34. The number of hydrogen-bond acceptors (Lipinski definition) is 3. The van der Waals surface area contributed by atoms with Gasteiger partial charge in [-0.2, -0.15) is 0 Å². The Balaban J connectivity index is 0.00000176. The van der Waals surface area contributed by atoms with Crippen molar-refractivity contribution in [1.29, 1.82) is 0 Å². The maximum Gasteiger partial charge on any atom is 0.338 e. The van der Waals surface area contributed by atoms with Crippen molar-refractivity contribution >= 4 is 17.6 Å². The van der Waals surface area contributed by atoms with Gasteiger partial charge in [0.1, 0.15) is 0 Å². The minimum absolute atomic E-state index is 0.0649. The lowest BCUT2D eigenvalue weighted by atomic mass is 9.63. The first kappa shape index (κ1) is 28.0. The highest BCUT2D eigenvalue weighted by atomic mass is 16.5. The number of esters is 1. The largest absolute Gasteiger partial charge is 0.462 e. The lowest BCUT2D eigenvalue weighted by Gasteiger charge is -2.41. The van der Waals surface area contributed by atoms with E-state index in [1.54, 1.807) is 0 Å². The number of benzene rings is 2. The normalized spacial score (nSPS) is 17.9. The summed E-state index contributed by atoms with van der Waals surface area (Å²) >= 11 is 0. The summed E-state index contributed by atoms with van der Waals surface area (Å²) in [6, 6.07) is 13.9. The molecule has 0 bridgehead atoms. The summed E-state index contributed by atoms with van der Waals surface area (Å²) in [5, 5.41) is 3.00. The second kappa shape index (κ2) is 12.1. The first-order valence-corrected chi connectivity index (χ1v) is 13.8. The first-order chi connectivity index (χ1) is 17.1. The van der Waals surface area contributed by atoms with E-state index in [4.69, 9.17) is 4.74 Å². The van der Waals surface area contributed by atoms with E-state index in [0.717, 1.165) is 24.1 Å². The highest BCUT2D eigenvalue weighted by Crippen LogP contribution is 2.45. The molecule has 2 aromatic carbocycles. The van der Waals surface area contributed by atoms with Gasteiger partial charge in [-0.1, -0.05) is 72.6 Å². The standard InChI is InChI=1S/C30H39NO3.C2H6/c1-29(2)16-17-30(3,4)26-20-23(11-14-25(26)29)28(33)34-18-15-21-9-12-24(13-10-21)31-27(32)19-22-7-5-6-8-22;1-2/h9-14,20,22H,5-8,15-19H2,1-4H3,(H,31,32);1-2H3. The van der Waals surface area contributed by atoms with Crippen LogP contribution in [-0.2, 0) is 26.8 Å². The maximum atomic E-state index is 12.7. The minimum atomic E-state index is -0.266. The van der Waals surface area contributed by atoms with Crippen molar-refractivity contribution < 1.29 is 14.3 Å². The van der Waals surface area contributed by atoms with Gasteiger partial charge < -0.3 is 10.1 Å². The molecule has 1 amide bonds. The molecule has 4 heteroatoms. The summed E-state index contributed by atoms with van der Waals surface area (Å²) in [4.78, 5) is 25.0. The van der Waals surface area contributed by atoms with Gasteiger partial charge in [0.15, 0.2) is 0 Å². The molecular weight excluding hydrogens is 446 g/mol. The van der Waals surface area contributed by atoms with Crippen LogP contribution in [-0.4, -0.2) is 18.5 Å². The van der Waals surface area contributed by atoms with E-state index in [1.165, 1.54) is 36.8 Å². The number of ether oxygens (including phenoxy) is 1. The lowest BCUT2D eigenvalue weighted by molar-refractivity contribution is -0.117. The number of carbonyl (C=O) groups is 2. The fourth-order valence-electron chi connectivity index (χ4n) is 5.50.